The molecule has 0 bridgehead atoms. The van der Waals surface area contributed by atoms with Gasteiger partial charge in [0, 0.05) is 18.2 Å². The summed E-state index contributed by atoms with van der Waals surface area (Å²) in [7, 11) is 1.68. The molecule has 0 aromatic carbocycles. The summed E-state index contributed by atoms with van der Waals surface area (Å²) in [6, 6.07) is 2.36. The highest BCUT2D eigenvalue weighted by Crippen LogP contribution is 2.37. The van der Waals surface area contributed by atoms with Crippen molar-refractivity contribution in [3.8, 4) is 5.75 Å². The monoisotopic (exact) mass is 248 g/mol. The molecule has 0 radical (unpaired) electrons. The van der Waals surface area contributed by atoms with Gasteiger partial charge in [0.25, 0.3) is 0 Å². The molecule has 1 aromatic rings. The summed E-state index contributed by atoms with van der Waals surface area (Å²) >= 11 is 0. The molecule has 100 valence electrons. The number of rotatable bonds is 4. The highest BCUT2D eigenvalue weighted by atomic mass is 16.5. The van der Waals surface area contributed by atoms with Crippen molar-refractivity contribution in [2.75, 3.05) is 7.11 Å². The molecular weight excluding hydrogens is 224 g/mol. The van der Waals surface area contributed by atoms with E-state index in [1.54, 1.807) is 13.3 Å². The Kier molecular flexibility index (Phi) is 4.59. The minimum atomic E-state index is 0.270. The van der Waals surface area contributed by atoms with Crippen LogP contribution < -0.4 is 10.5 Å². The molecule has 3 nitrogen and oxygen atoms in total. The number of nitrogens with zero attached hydrogens (tertiary/aromatic N) is 1. The van der Waals surface area contributed by atoms with E-state index >= 15 is 0 Å². The second kappa shape index (κ2) is 6.19. The lowest BCUT2D eigenvalue weighted by molar-refractivity contribution is 0.273. The zero-order chi connectivity index (χ0) is 13.0. The van der Waals surface area contributed by atoms with Gasteiger partial charge >= 0.3 is 0 Å². The van der Waals surface area contributed by atoms with Crippen molar-refractivity contribution >= 4 is 0 Å². The summed E-state index contributed by atoms with van der Waals surface area (Å²) in [6.45, 7) is 2.26. The maximum atomic E-state index is 6.29. The number of pyridine rings is 1. The number of ether oxygens (including phenoxy) is 1. The molecule has 3 heteroatoms. The Morgan fingerprint density at radius 3 is 2.94 bits per heavy atom. The first-order chi connectivity index (χ1) is 8.74. The van der Waals surface area contributed by atoms with Crippen LogP contribution >= 0.6 is 0 Å². The van der Waals surface area contributed by atoms with Crippen LogP contribution in [-0.4, -0.2) is 18.1 Å². The average Bonchev–Trinajstić information content (AvgIpc) is 2.41. The van der Waals surface area contributed by atoms with E-state index in [2.05, 4.69) is 18.0 Å². The molecule has 2 rings (SSSR count). The van der Waals surface area contributed by atoms with Crippen molar-refractivity contribution in [3.05, 3.63) is 24.0 Å². The van der Waals surface area contributed by atoms with Crippen molar-refractivity contribution < 1.29 is 4.74 Å². The Hall–Kier alpha value is -1.09. The van der Waals surface area contributed by atoms with Gasteiger partial charge in [0.2, 0.25) is 0 Å². The zero-order valence-corrected chi connectivity index (χ0v) is 11.4. The SMILES string of the molecule is CCCC1CCC(N)C(c2cncc(OC)c2)C1. The normalized spacial score (nSPS) is 28.1. The van der Waals surface area contributed by atoms with Crippen molar-refractivity contribution in [2.24, 2.45) is 11.7 Å². The lowest BCUT2D eigenvalue weighted by Crippen LogP contribution is -2.34. The third-order valence-corrected chi connectivity index (χ3v) is 4.11. The Bertz CT molecular complexity index is 381. The summed E-state index contributed by atoms with van der Waals surface area (Å²) in [5, 5.41) is 0. The Labute approximate surface area is 110 Å². The van der Waals surface area contributed by atoms with Crippen LogP contribution in [0.25, 0.3) is 0 Å². The summed E-state index contributed by atoms with van der Waals surface area (Å²) in [5.41, 5.74) is 7.53. The first kappa shape index (κ1) is 13.3. The number of aromatic nitrogens is 1. The van der Waals surface area contributed by atoms with E-state index < -0.39 is 0 Å². The quantitative estimate of drug-likeness (QED) is 0.890. The molecule has 1 aliphatic rings. The molecule has 1 aliphatic carbocycles. The van der Waals surface area contributed by atoms with E-state index in [0.717, 1.165) is 18.1 Å². The van der Waals surface area contributed by atoms with Gasteiger partial charge in [-0.3, -0.25) is 4.98 Å². The van der Waals surface area contributed by atoms with Gasteiger partial charge in [-0.05, 0) is 36.8 Å². The molecule has 0 amide bonds. The van der Waals surface area contributed by atoms with Gasteiger partial charge < -0.3 is 10.5 Å². The molecule has 3 unspecified atom stereocenters. The maximum absolute atomic E-state index is 6.29. The maximum Gasteiger partial charge on any atom is 0.137 e. The zero-order valence-electron chi connectivity index (χ0n) is 11.4. The standard InChI is InChI=1S/C15H24N2O/c1-3-4-11-5-6-15(16)14(7-11)12-8-13(18-2)10-17-9-12/h8-11,14-15H,3-7,16H2,1-2H3. The summed E-state index contributed by atoms with van der Waals surface area (Å²) in [5.74, 6) is 2.10. The third kappa shape index (κ3) is 3.02. The predicted molar refractivity (Wildman–Crippen MR) is 73.8 cm³/mol. The molecule has 1 aromatic heterocycles. The molecule has 1 heterocycles. The van der Waals surface area contributed by atoms with Crippen molar-refractivity contribution in [3.63, 3.8) is 0 Å². The molecule has 0 saturated heterocycles. The first-order valence-corrected chi connectivity index (χ1v) is 6.99. The Balaban J connectivity index is 2.13. The van der Waals surface area contributed by atoms with Crippen LogP contribution in [0.15, 0.2) is 18.5 Å². The van der Waals surface area contributed by atoms with Gasteiger partial charge in [-0.25, -0.2) is 0 Å². The van der Waals surface area contributed by atoms with E-state index in [0.29, 0.717) is 5.92 Å². The van der Waals surface area contributed by atoms with Gasteiger partial charge in [-0.2, -0.15) is 0 Å². The van der Waals surface area contributed by atoms with Crippen LogP contribution in [0.4, 0.5) is 0 Å². The van der Waals surface area contributed by atoms with Crippen LogP contribution in [0.5, 0.6) is 5.75 Å². The summed E-state index contributed by atoms with van der Waals surface area (Å²) in [4.78, 5) is 4.26. The minimum absolute atomic E-state index is 0.270. The van der Waals surface area contributed by atoms with Crippen molar-refractivity contribution in [1.82, 2.24) is 4.98 Å². The lowest BCUT2D eigenvalue weighted by Gasteiger charge is -2.34. The van der Waals surface area contributed by atoms with E-state index in [-0.39, 0.29) is 6.04 Å². The second-order valence-corrected chi connectivity index (χ2v) is 5.40. The van der Waals surface area contributed by atoms with E-state index in [4.69, 9.17) is 10.5 Å². The van der Waals surface area contributed by atoms with E-state index in [1.165, 1.54) is 31.2 Å². The predicted octanol–water partition coefficient (Wildman–Crippen LogP) is 3.10. The topological polar surface area (TPSA) is 48.1 Å². The van der Waals surface area contributed by atoms with Gasteiger partial charge in [0.15, 0.2) is 0 Å². The molecule has 18 heavy (non-hydrogen) atoms. The molecule has 0 aliphatic heterocycles. The smallest absolute Gasteiger partial charge is 0.137 e. The van der Waals surface area contributed by atoms with Crippen LogP contribution in [0.2, 0.25) is 0 Å². The lowest BCUT2D eigenvalue weighted by atomic mass is 9.74. The van der Waals surface area contributed by atoms with Crippen molar-refractivity contribution in [1.29, 1.82) is 0 Å². The van der Waals surface area contributed by atoms with E-state index in [1.807, 2.05) is 6.20 Å². The van der Waals surface area contributed by atoms with Gasteiger partial charge in [0.1, 0.15) is 5.75 Å². The molecule has 2 N–H and O–H groups in total. The van der Waals surface area contributed by atoms with Gasteiger partial charge in [0.05, 0.1) is 13.3 Å². The molecular formula is C15H24N2O. The highest BCUT2D eigenvalue weighted by Gasteiger charge is 2.29. The molecule has 1 saturated carbocycles. The third-order valence-electron chi connectivity index (χ3n) is 4.11. The fourth-order valence-corrected chi connectivity index (χ4v) is 3.08. The van der Waals surface area contributed by atoms with E-state index in [9.17, 15) is 0 Å². The van der Waals surface area contributed by atoms with Crippen LogP contribution in [0, 0.1) is 5.92 Å². The molecule has 0 spiro atoms. The van der Waals surface area contributed by atoms with Crippen LogP contribution in [-0.2, 0) is 0 Å². The van der Waals surface area contributed by atoms with Crippen LogP contribution in [0.3, 0.4) is 0 Å². The minimum Gasteiger partial charge on any atom is -0.495 e. The Morgan fingerprint density at radius 2 is 2.22 bits per heavy atom. The average molecular weight is 248 g/mol. The first-order valence-electron chi connectivity index (χ1n) is 6.99. The largest absolute Gasteiger partial charge is 0.495 e. The van der Waals surface area contributed by atoms with Crippen molar-refractivity contribution in [2.45, 2.75) is 51.0 Å². The number of hydrogen-bond acceptors (Lipinski definition) is 3. The highest BCUT2D eigenvalue weighted by molar-refractivity contribution is 5.27. The summed E-state index contributed by atoms with van der Waals surface area (Å²) < 4.78 is 5.25. The second-order valence-electron chi connectivity index (χ2n) is 5.40. The van der Waals surface area contributed by atoms with Crippen LogP contribution in [0.1, 0.15) is 50.5 Å². The fraction of sp³-hybridized carbons (Fsp3) is 0.667. The van der Waals surface area contributed by atoms with Gasteiger partial charge in [-0.15, -0.1) is 0 Å². The van der Waals surface area contributed by atoms with Gasteiger partial charge in [-0.1, -0.05) is 19.8 Å². The fourth-order valence-electron chi connectivity index (χ4n) is 3.08. The number of methoxy groups -OCH3 is 1. The molecule has 3 atom stereocenters. The number of nitrogens with two attached hydrogens (primary N) is 1. The molecule has 1 fully saturated rings. The number of hydrogen-bond donors (Lipinski definition) is 1. The summed E-state index contributed by atoms with van der Waals surface area (Å²) in [6.07, 6.45) is 9.89. The Morgan fingerprint density at radius 1 is 1.39 bits per heavy atom.